The number of carbonyl (C=O) groups is 1. The number of rotatable bonds is 4. The molecular formula is C15H22N2O2. The molecule has 1 N–H and O–H groups in total. The maximum absolute atomic E-state index is 11.6. The topological polar surface area (TPSA) is 43.8 Å². The minimum absolute atomic E-state index is 0.345. The minimum Gasteiger partial charge on any atom is -0.480 e. The van der Waals surface area contributed by atoms with E-state index < -0.39 is 12.0 Å². The predicted molar refractivity (Wildman–Crippen MR) is 75.1 cm³/mol. The van der Waals surface area contributed by atoms with Gasteiger partial charge >= 0.3 is 5.97 Å². The van der Waals surface area contributed by atoms with Crippen LogP contribution in [0.25, 0.3) is 0 Å². The van der Waals surface area contributed by atoms with E-state index in [9.17, 15) is 9.90 Å². The Kier molecular flexibility index (Phi) is 4.56. The van der Waals surface area contributed by atoms with Gasteiger partial charge < -0.3 is 10.0 Å². The van der Waals surface area contributed by atoms with Crippen LogP contribution in [-0.2, 0) is 4.79 Å². The Bertz CT molecular complexity index is 413. The second-order valence-electron chi connectivity index (χ2n) is 5.35. The normalized spacial score (nSPS) is 19.5. The summed E-state index contributed by atoms with van der Waals surface area (Å²) in [4.78, 5) is 15.9. The van der Waals surface area contributed by atoms with Crippen LogP contribution in [-0.4, -0.2) is 54.1 Å². The Morgan fingerprint density at radius 3 is 2.42 bits per heavy atom. The van der Waals surface area contributed by atoms with Gasteiger partial charge in [0, 0.05) is 6.04 Å². The first-order chi connectivity index (χ1) is 9.09. The smallest absolute Gasteiger partial charge is 0.325 e. The number of likely N-dealkylation sites (N-methyl/N-ethyl adjacent to an activating group) is 1. The molecule has 0 aliphatic carbocycles. The van der Waals surface area contributed by atoms with Gasteiger partial charge in [0.25, 0.3) is 0 Å². The van der Waals surface area contributed by atoms with Crippen LogP contribution in [0.4, 0.5) is 0 Å². The van der Waals surface area contributed by atoms with E-state index in [1.54, 1.807) is 0 Å². The molecule has 19 heavy (non-hydrogen) atoms. The highest BCUT2D eigenvalue weighted by atomic mass is 16.4. The van der Waals surface area contributed by atoms with Crippen molar-refractivity contribution in [3.8, 4) is 0 Å². The van der Waals surface area contributed by atoms with Crippen molar-refractivity contribution in [3.05, 3.63) is 35.9 Å². The van der Waals surface area contributed by atoms with E-state index in [4.69, 9.17) is 0 Å². The third-order valence-corrected chi connectivity index (χ3v) is 4.02. The van der Waals surface area contributed by atoms with Gasteiger partial charge in [-0.3, -0.25) is 9.69 Å². The van der Waals surface area contributed by atoms with Crippen LogP contribution in [0, 0.1) is 0 Å². The quantitative estimate of drug-likeness (QED) is 0.899. The van der Waals surface area contributed by atoms with E-state index in [2.05, 4.69) is 11.9 Å². The van der Waals surface area contributed by atoms with Crippen molar-refractivity contribution in [1.82, 2.24) is 9.80 Å². The first kappa shape index (κ1) is 14.0. The molecule has 1 aromatic rings. The number of carboxylic acids is 1. The zero-order chi connectivity index (χ0) is 13.8. The Labute approximate surface area is 114 Å². The van der Waals surface area contributed by atoms with Gasteiger partial charge in [0.2, 0.25) is 0 Å². The summed E-state index contributed by atoms with van der Waals surface area (Å²) in [6.07, 6.45) is 2.06. The van der Waals surface area contributed by atoms with Crippen molar-refractivity contribution in [2.75, 3.05) is 27.2 Å². The standard InChI is InChI=1S/C15H22N2O2/c1-16-10-8-13(9-11-16)17(2)14(15(18)19)12-6-4-3-5-7-12/h3-7,13-14H,8-11H2,1-2H3,(H,18,19). The highest BCUT2D eigenvalue weighted by Gasteiger charge is 2.31. The molecule has 1 unspecified atom stereocenters. The van der Waals surface area contributed by atoms with Crippen LogP contribution in [0.1, 0.15) is 24.4 Å². The van der Waals surface area contributed by atoms with E-state index in [-0.39, 0.29) is 0 Å². The lowest BCUT2D eigenvalue weighted by atomic mass is 9.99. The summed E-state index contributed by atoms with van der Waals surface area (Å²) < 4.78 is 0. The molecule has 1 saturated heterocycles. The highest BCUT2D eigenvalue weighted by molar-refractivity contribution is 5.75. The average molecular weight is 262 g/mol. The van der Waals surface area contributed by atoms with E-state index in [1.807, 2.05) is 42.3 Å². The Morgan fingerprint density at radius 2 is 1.89 bits per heavy atom. The molecule has 0 bridgehead atoms. The second-order valence-corrected chi connectivity index (χ2v) is 5.35. The van der Waals surface area contributed by atoms with Crippen molar-refractivity contribution >= 4 is 5.97 Å². The molecular weight excluding hydrogens is 240 g/mol. The Hall–Kier alpha value is -1.39. The summed E-state index contributed by atoms with van der Waals surface area (Å²) in [5, 5.41) is 9.53. The minimum atomic E-state index is -0.771. The summed E-state index contributed by atoms with van der Waals surface area (Å²) in [5.41, 5.74) is 0.858. The van der Waals surface area contributed by atoms with Crippen LogP contribution >= 0.6 is 0 Å². The fourth-order valence-corrected chi connectivity index (χ4v) is 2.80. The number of hydrogen-bond acceptors (Lipinski definition) is 3. The first-order valence-electron chi connectivity index (χ1n) is 6.78. The molecule has 1 aliphatic rings. The van der Waals surface area contributed by atoms with Crippen molar-refractivity contribution in [3.63, 3.8) is 0 Å². The molecule has 1 aliphatic heterocycles. The van der Waals surface area contributed by atoms with E-state index in [1.165, 1.54) is 0 Å². The fourth-order valence-electron chi connectivity index (χ4n) is 2.80. The van der Waals surface area contributed by atoms with Crippen LogP contribution in [0.2, 0.25) is 0 Å². The van der Waals surface area contributed by atoms with Gasteiger partial charge in [-0.25, -0.2) is 0 Å². The lowest BCUT2D eigenvalue weighted by molar-refractivity contribution is -0.144. The van der Waals surface area contributed by atoms with Crippen molar-refractivity contribution in [2.45, 2.75) is 24.9 Å². The van der Waals surface area contributed by atoms with Gasteiger partial charge in [-0.1, -0.05) is 30.3 Å². The van der Waals surface area contributed by atoms with Crippen LogP contribution in [0.5, 0.6) is 0 Å². The fraction of sp³-hybridized carbons (Fsp3) is 0.533. The van der Waals surface area contributed by atoms with Gasteiger partial charge in [-0.15, -0.1) is 0 Å². The van der Waals surface area contributed by atoms with Crippen molar-refractivity contribution < 1.29 is 9.90 Å². The molecule has 0 saturated carbocycles. The van der Waals surface area contributed by atoms with Gasteiger partial charge in [0.05, 0.1) is 0 Å². The van der Waals surface area contributed by atoms with E-state index in [0.29, 0.717) is 6.04 Å². The van der Waals surface area contributed by atoms with Crippen molar-refractivity contribution in [2.24, 2.45) is 0 Å². The molecule has 0 spiro atoms. The average Bonchev–Trinajstić information content (AvgIpc) is 2.40. The zero-order valence-electron chi connectivity index (χ0n) is 11.6. The molecule has 1 atom stereocenters. The molecule has 4 nitrogen and oxygen atoms in total. The summed E-state index contributed by atoms with van der Waals surface area (Å²) >= 11 is 0. The molecule has 1 heterocycles. The molecule has 1 fully saturated rings. The largest absolute Gasteiger partial charge is 0.480 e. The number of benzene rings is 1. The van der Waals surface area contributed by atoms with Crippen LogP contribution in [0.3, 0.4) is 0 Å². The molecule has 2 rings (SSSR count). The molecule has 0 aromatic heterocycles. The Balaban J connectivity index is 2.13. The molecule has 104 valence electrons. The molecule has 4 heteroatoms. The molecule has 1 aromatic carbocycles. The summed E-state index contributed by atoms with van der Waals surface area (Å²) in [5.74, 6) is -0.771. The summed E-state index contributed by atoms with van der Waals surface area (Å²) in [7, 11) is 4.05. The number of carboxylic acid groups (broad SMARTS) is 1. The lowest BCUT2D eigenvalue weighted by Gasteiger charge is -2.38. The maximum Gasteiger partial charge on any atom is 0.325 e. The zero-order valence-corrected chi connectivity index (χ0v) is 11.6. The SMILES string of the molecule is CN1CCC(N(C)C(C(=O)O)c2ccccc2)CC1. The Morgan fingerprint density at radius 1 is 1.32 bits per heavy atom. The third kappa shape index (κ3) is 3.33. The van der Waals surface area contributed by atoms with Crippen LogP contribution < -0.4 is 0 Å². The lowest BCUT2D eigenvalue weighted by Crippen LogP contribution is -2.45. The predicted octanol–water partition coefficient (Wildman–Crippen LogP) is 1.84. The molecule has 0 amide bonds. The van der Waals surface area contributed by atoms with Gasteiger partial charge in [-0.2, -0.15) is 0 Å². The number of aliphatic carboxylic acids is 1. The monoisotopic (exact) mass is 262 g/mol. The third-order valence-electron chi connectivity index (χ3n) is 4.02. The summed E-state index contributed by atoms with van der Waals surface area (Å²) in [6, 6.07) is 9.29. The van der Waals surface area contributed by atoms with E-state index >= 15 is 0 Å². The second kappa shape index (κ2) is 6.17. The number of hydrogen-bond donors (Lipinski definition) is 1. The number of nitrogens with zero attached hydrogens (tertiary/aromatic N) is 2. The van der Waals surface area contributed by atoms with Gasteiger partial charge in [0.1, 0.15) is 6.04 Å². The van der Waals surface area contributed by atoms with Crippen molar-refractivity contribution in [1.29, 1.82) is 0 Å². The van der Waals surface area contributed by atoms with Gasteiger partial charge in [0.15, 0.2) is 0 Å². The van der Waals surface area contributed by atoms with Crippen LogP contribution in [0.15, 0.2) is 30.3 Å². The number of piperidine rings is 1. The highest BCUT2D eigenvalue weighted by Crippen LogP contribution is 2.25. The summed E-state index contributed by atoms with van der Waals surface area (Å²) in [6.45, 7) is 2.08. The molecule has 0 radical (unpaired) electrons. The maximum atomic E-state index is 11.6. The van der Waals surface area contributed by atoms with Gasteiger partial charge in [-0.05, 0) is 45.6 Å². The first-order valence-corrected chi connectivity index (χ1v) is 6.78. The van der Waals surface area contributed by atoms with E-state index in [0.717, 1.165) is 31.5 Å². The number of likely N-dealkylation sites (tertiary alicyclic amines) is 1.